The maximum Gasteiger partial charge on any atom is 0.328 e. The summed E-state index contributed by atoms with van der Waals surface area (Å²) in [5, 5.41) is 10.2. The van der Waals surface area contributed by atoms with Crippen LogP contribution < -0.4 is 0 Å². The largest absolute Gasteiger partial charge is 0.454 e. The molecule has 0 aromatic carbocycles. The van der Waals surface area contributed by atoms with E-state index in [1.54, 1.807) is 0 Å². The Balaban J connectivity index is 1.75. The summed E-state index contributed by atoms with van der Waals surface area (Å²) >= 11 is 0. The normalized spacial score (nSPS) is 14.9. The molecule has 0 aliphatic carbocycles. The van der Waals surface area contributed by atoms with Crippen molar-refractivity contribution >= 4 is 17.8 Å². The second-order valence-electron chi connectivity index (χ2n) is 3.71. The zero-order valence-electron chi connectivity index (χ0n) is 9.48. The van der Waals surface area contributed by atoms with Crippen LogP contribution in [0.3, 0.4) is 0 Å². The highest BCUT2D eigenvalue weighted by Gasteiger charge is 2.26. The summed E-state index contributed by atoms with van der Waals surface area (Å²) < 4.78 is 5.91. The van der Waals surface area contributed by atoms with E-state index in [4.69, 9.17) is 4.74 Å². The summed E-state index contributed by atoms with van der Waals surface area (Å²) in [5.41, 5.74) is 0. The number of rotatable bonds is 4. The van der Waals surface area contributed by atoms with Crippen molar-refractivity contribution < 1.29 is 19.1 Å². The van der Waals surface area contributed by atoms with Crippen LogP contribution in [0.2, 0.25) is 0 Å². The van der Waals surface area contributed by atoms with Crippen LogP contribution in [0.15, 0.2) is 6.33 Å². The van der Waals surface area contributed by atoms with Gasteiger partial charge in [-0.25, -0.2) is 4.68 Å². The molecule has 0 atom stereocenters. The molecule has 1 aromatic heterocycles. The summed E-state index contributed by atoms with van der Waals surface area (Å²) in [7, 11) is 0. The number of hydrogen-bond donors (Lipinski definition) is 0. The molecular formula is C9H11N5O4. The van der Waals surface area contributed by atoms with Gasteiger partial charge in [0.1, 0.15) is 12.9 Å². The topological polar surface area (TPSA) is 107 Å². The number of amides is 2. The molecule has 0 unspecified atom stereocenters. The quantitative estimate of drug-likeness (QED) is 0.592. The van der Waals surface area contributed by atoms with Crippen molar-refractivity contribution in [2.24, 2.45) is 0 Å². The summed E-state index contributed by atoms with van der Waals surface area (Å²) in [4.78, 5) is 35.2. The molecule has 1 aliphatic heterocycles. The van der Waals surface area contributed by atoms with Crippen molar-refractivity contribution in [1.82, 2.24) is 25.1 Å². The van der Waals surface area contributed by atoms with Crippen LogP contribution in [0.4, 0.5) is 0 Å². The van der Waals surface area contributed by atoms with Gasteiger partial charge in [0.15, 0.2) is 6.61 Å². The van der Waals surface area contributed by atoms with Crippen molar-refractivity contribution in [2.75, 3.05) is 13.2 Å². The van der Waals surface area contributed by atoms with Gasteiger partial charge in [-0.15, -0.1) is 5.10 Å². The molecule has 1 saturated heterocycles. The predicted molar refractivity (Wildman–Crippen MR) is 54.7 cm³/mol. The third kappa shape index (κ3) is 2.87. The van der Waals surface area contributed by atoms with Crippen LogP contribution in [-0.2, 0) is 25.7 Å². The Bertz CT molecular complexity index is 458. The minimum absolute atomic E-state index is 0.172. The number of hydrogen-bond acceptors (Lipinski definition) is 7. The lowest BCUT2D eigenvalue weighted by Crippen LogP contribution is -2.35. The number of esters is 1. The van der Waals surface area contributed by atoms with E-state index in [9.17, 15) is 14.4 Å². The number of tetrazole rings is 1. The van der Waals surface area contributed by atoms with E-state index >= 15 is 0 Å². The molecule has 1 aliphatic rings. The Labute approximate surface area is 102 Å². The monoisotopic (exact) mass is 253 g/mol. The molecule has 1 fully saturated rings. The minimum Gasteiger partial charge on any atom is -0.454 e. The van der Waals surface area contributed by atoms with Crippen LogP contribution in [0.25, 0.3) is 0 Å². The van der Waals surface area contributed by atoms with Gasteiger partial charge in [0, 0.05) is 13.0 Å². The molecule has 96 valence electrons. The van der Waals surface area contributed by atoms with E-state index in [1.807, 2.05) is 0 Å². The van der Waals surface area contributed by atoms with Gasteiger partial charge in [0.2, 0.25) is 5.91 Å². The lowest BCUT2D eigenvalue weighted by atomic mass is 10.4. The molecule has 0 bridgehead atoms. The van der Waals surface area contributed by atoms with Gasteiger partial charge < -0.3 is 4.74 Å². The molecule has 0 spiro atoms. The maximum absolute atomic E-state index is 11.5. The molecule has 0 N–H and O–H groups in total. The third-order valence-electron chi connectivity index (χ3n) is 2.41. The van der Waals surface area contributed by atoms with E-state index in [0.29, 0.717) is 19.4 Å². The van der Waals surface area contributed by atoms with Crippen LogP contribution in [0.1, 0.15) is 12.8 Å². The van der Waals surface area contributed by atoms with Crippen LogP contribution in [0.5, 0.6) is 0 Å². The molecule has 0 saturated carbocycles. The molecular weight excluding hydrogens is 242 g/mol. The number of aromatic nitrogens is 4. The van der Waals surface area contributed by atoms with E-state index in [1.165, 1.54) is 11.0 Å². The number of likely N-dealkylation sites (tertiary alicyclic amines) is 1. The smallest absolute Gasteiger partial charge is 0.328 e. The summed E-state index contributed by atoms with van der Waals surface area (Å²) in [5.74, 6) is -1.36. The second kappa shape index (κ2) is 5.34. The van der Waals surface area contributed by atoms with Crippen LogP contribution in [0, 0.1) is 0 Å². The molecule has 1 aromatic rings. The Morgan fingerprint density at radius 3 is 2.89 bits per heavy atom. The highest BCUT2D eigenvalue weighted by Crippen LogP contribution is 2.09. The van der Waals surface area contributed by atoms with E-state index < -0.39 is 18.5 Å². The van der Waals surface area contributed by atoms with E-state index in [0.717, 1.165) is 4.90 Å². The standard InChI is InChI=1S/C9H11N5O4/c15-7-2-1-3-14(7)8(16)5-18-9(17)4-13-6-10-11-12-13/h6H,1-5H2. The Morgan fingerprint density at radius 2 is 2.28 bits per heavy atom. The zero-order valence-corrected chi connectivity index (χ0v) is 9.48. The number of carbonyl (C=O) groups is 3. The van der Waals surface area contributed by atoms with Crippen molar-refractivity contribution in [3.63, 3.8) is 0 Å². The van der Waals surface area contributed by atoms with Gasteiger partial charge in [-0.3, -0.25) is 19.3 Å². The lowest BCUT2D eigenvalue weighted by Gasteiger charge is -2.13. The second-order valence-corrected chi connectivity index (χ2v) is 3.71. The van der Waals surface area contributed by atoms with Crippen molar-refractivity contribution in [2.45, 2.75) is 19.4 Å². The summed E-state index contributed by atoms with van der Waals surface area (Å²) in [6.07, 6.45) is 2.28. The molecule has 9 heteroatoms. The van der Waals surface area contributed by atoms with Gasteiger partial charge in [-0.1, -0.05) is 0 Å². The number of carbonyl (C=O) groups excluding carboxylic acids is 3. The SMILES string of the molecule is O=C(Cn1cnnn1)OCC(=O)N1CCCC1=O. The van der Waals surface area contributed by atoms with Crippen LogP contribution >= 0.6 is 0 Å². The minimum atomic E-state index is -0.637. The fraction of sp³-hybridized carbons (Fsp3) is 0.556. The fourth-order valence-corrected chi connectivity index (χ4v) is 1.56. The summed E-state index contributed by atoms with van der Waals surface area (Å²) in [6.45, 7) is -0.219. The van der Waals surface area contributed by atoms with Gasteiger partial charge >= 0.3 is 5.97 Å². The van der Waals surface area contributed by atoms with Crippen molar-refractivity contribution in [1.29, 1.82) is 0 Å². The first kappa shape index (κ1) is 12.1. The zero-order chi connectivity index (χ0) is 13.0. The average molecular weight is 253 g/mol. The molecule has 2 rings (SSSR count). The van der Waals surface area contributed by atoms with Gasteiger partial charge in [0.05, 0.1) is 0 Å². The third-order valence-corrected chi connectivity index (χ3v) is 2.41. The molecule has 0 radical (unpaired) electrons. The Morgan fingerprint density at radius 1 is 1.44 bits per heavy atom. The fourth-order valence-electron chi connectivity index (χ4n) is 1.56. The molecule has 18 heavy (non-hydrogen) atoms. The maximum atomic E-state index is 11.5. The molecule has 2 heterocycles. The average Bonchev–Trinajstić information content (AvgIpc) is 2.97. The van der Waals surface area contributed by atoms with Gasteiger partial charge in [0.25, 0.3) is 5.91 Å². The first-order valence-corrected chi connectivity index (χ1v) is 5.36. The van der Waals surface area contributed by atoms with Crippen molar-refractivity contribution in [3.05, 3.63) is 6.33 Å². The Hall–Kier alpha value is -2.32. The van der Waals surface area contributed by atoms with Crippen LogP contribution in [-0.4, -0.2) is 56.0 Å². The lowest BCUT2D eigenvalue weighted by molar-refractivity contribution is -0.155. The van der Waals surface area contributed by atoms with E-state index in [2.05, 4.69) is 15.5 Å². The first-order chi connectivity index (χ1) is 8.66. The van der Waals surface area contributed by atoms with Crippen molar-refractivity contribution in [3.8, 4) is 0 Å². The first-order valence-electron chi connectivity index (χ1n) is 5.36. The Kier molecular flexibility index (Phi) is 3.60. The number of ether oxygens (including phenoxy) is 1. The van der Waals surface area contributed by atoms with Gasteiger partial charge in [-0.05, 0) is 16.8 Å². The summed E-state index contributed by atoms with van der Waals surface area (Å²) in [6, 6.07) is 0. The predicted octanol–water partition coefficient (Wildman–Crippen LogP) is -1.63. The number of imide groups is 1. The van der Waals surface area contributed by atoms with E-state index in [-0.39, 0.29) is 12.5 Å². The highest BCUT2D eigenvalue weighted by atomic mass is 16.5. The molecule has 2 amide bonds. The number of nitrogens with zero attached hydrogens (tertiary/aromatic N) is 5. The highest BCUT2D eigenvalue weighted by molar-refractivity contribution is 5.97. The molecule has 9 nitrogen and oxygen atoms in total. The van der Waals surface area contributed by atoms with Gasteiger partial charge in [-0.2, -0.15) is 0 Å².